The van der Waals surface area contributed by atoms with Gasteiger partial charge in [-0.2, -0.15) is 0 Å². The van der Waals surface area contributed by atoms with E-state index in [1.807, 2.05) is 20.8 Å². The van der Waals surface area contributed by atoms with Crippen molar-refractivity contribution < 1.29 is 26.6 Å². The molecule has 0 radical (unpaired) electrons. The third kappa shape index (κ3) is 10.4. The summed E-state index contributed by atoms with van der Waals surface area (Å²) in [6.07, 6.45) is 2.24. The Hall–Kier alpha value is -0.0662. The lowest BCUT2D eigenvalue weighted by Gasteiger charge is -2.24. The Labute approximate surface area is 144 Å². The van der Waals surface area contributed by atoms with Gasteiger partial charge < -0.3 is 26.6 Å². The SMILES string of the molecule is C=C[Si](OCC)(OCC)OCC.CCCC[Si](OC)(OC)OC. The van der Waals surface area contributed by atoms with Gasteiger partial charge in [-0.15, -0.1) is 0 Å². The van der Waals surface area contributed by atoms with Crippen LogP contribution in [0.3, 0.4) is 0 Å². The van der Waals surface area contributed by atoms with E-state index in [1.165, 1.54) is 0 Å². The molecule has 0 amide bonds. The highest BCUT2D eigenvalue weighted by molar-refractivity contribution is 6.66. The molecule has 0 saturated heterocycles. The van der Waals surface area contributed by atoms with Crippen molar-refractivity contribution in [3.63, 3.8) is 0 Å². The average Bonchev–Trinajstić information content (AvgIpc) is 2.58. The first-order chi connectivity index (χ1) is 11.0. The van der Waals surface area contributed by atoms with Gasteiger partial charge in [0.15, 0.2) is 0 Å². The molecule has 0 aliphatic carbocycles. The standard InChI is InChI=1S/C8H18O3Si.C7H18O3Si/c1-5-9-12(8-4,10-6-2)11-7-3;1-5-6-7-11(8-2,9-3)10-4/h8H,4-7H2,1-3H3;5-7H2,1-4H3. The molecule has 0 aliphatic rings. The summed E-state index contributed by atoms with van der Waals surface area (Å²) in [5.41, 5.74) is 1.67. The molecule has 0 N–H and O–H groups in total. The maximum atomic E-state index is 5.44. The summed E-state index contributed by atoms with van der Waals surface area (Å²) in [6.45, 7) is 13.4. The molecule has 8 heteroatoms. The summed E-state index contributed by atoms with van der Waals surface area (Å²) in [4.78, 5) is 0. The zero-order chi connectivity index (χ0) is 18.2. The molecule has 0 saturated carbocycles. The molecular formula is C15H36O6Si2. The molecule has 0 bridgehead atoms. The van der Waals surface area contributed by atoms with Gasteiger partial charge in [0.1, 0.15) is 0 Å². The van der Waals surface area contributed by atoms with Crippen molar-refractivity contribution in [3.8, 4) is 0 Å². The fourth-order valence-corrected chi connectivity index (χ4v) is 5.56. The van der Waals surface area contributed by atoms with E-state index in [0.717, 1.165) is 18.9 Å². The van der Waals surface area contributed by atoms with Crippen LogP contribution in [0.15, 0.2) is 12.3 Å². The molecule has 0 aliphatic heterocycles. The summed E-state index contributed by atoms with van der Waals surface area (Å²) in [7, 11) is 0.199. The van der Waals surface area contributed by atoms with Gasteiger partial charge in [0.25, 0.3) is 0 Å². The van der Waals surface area contributed by atoms with Gasteiger partial charge >= 0.3 is 17.6 Å². The molecule has 0 aromatic heterocycles. The molecule has 0 aromatic carbocycles. The molecule has 140 valence electrons. The largest absolute Gasteiger partial charge is 0.528 e. The minimum Gasteiger partial charge on any atom is -0.377 e. The molecule has 0 unspecified atom stereocenters. The monoisotopic (exact) mass is 368 g/mol. The lowest BCUT2D eigenvalue weighted by Crippen LogP contribution is -2.44. The quantitative estimate of drug-likeness (QED) is 0.464. The lowest BCUT2D eigenvalue weighted by atomic mass is 10.4. The van der Waals surface area contributed by atoms with Crippen LogP contribution in [0, 0.1) is 0 Å². The van der Waals surface area contributed by atoms with Gasteiger partial charge in [-0.3, -0.25) is 0 Å². The van der Waals surface area contributed by atoms with Crippen LogP contribution in [0.2, 0.25) is 6.04 Å². The first-order valence-electron chi connectivity index (χ1n) is 8.19. The second kappa shape index (κ2) is 15.5. The van der Waals surface area contributed by atoms with Crippen LogP contribution < -0.4 is 0 Å². The van der Waals surface area contributed by atoms with Crippen LogP contribution in [-0.2, 0) is 26.6 Å². The highest BCUT2D eigenvalue weighted by Gasteiger charge is 2.37. The smallest absolute Gasteiger partial charge is 0.377 e. The van der Waals surface area contributed by atoms with Crippen LogP contribution in [0.25, 0.3) is 0 Å². The molecule has 6 nitrogen and oxygen atoms in total. The third-order valence-electron chi connectivity index (χ3n) is 3.06. The topological polar surface area (TPSA) is 55.4 Å². The van der Waals surface area contributed by atoms with Gasteiger partial charge in [0.2, 0.25) is 0 Å². The Bertz CT molecular complexity index is 249. The second-order valence-electron chi connectivity index (χ2n) is 4.51. The van der Waals surface area contributed by atoms with E-state index >= 15 is 0 Å². The molecule has 0 spiro atoms. The summed E-state index contributed by atoms with van der Waals surface area (Å²) in [6, 6.07) is 0.910. The van der Waals surface area contributed by atoms with Crippen molar-refractivity contribution in [1.29, 1.82) is 0 Å². The van der Waals surface area contributed by atoms with Crippen molar-refractivity contribution in [2.24, 2.45) is 0 Å². The summed E-state index contributed by atoms with van der Waals surface area (Å²) < 4.78 is 32.0. The predicted molar refractivity (Wildman–Crippen MR) is 97.3 cm³/mol. The lowest BCUT2D eigenvalue weighted by molar-refractivity contribution is 0.0843. The first-order valence-corrected chi connectivity index (χ1v) is 11.9. The number of hydrogen-bond acceptors (Lipinski definition) is 6. The summed E-state index contributed by atoms with van der Waals surface area (Å²) in [5, 5.41) is 0. The summed E-state index contributed by atoms with van der Waals surface area (Å²) in [5.74, 6) is 0. The van der Waals surface area contributed by atoms with Crippen molar-refractivity contribution >= 4 is 17.6 Å². The Morgan fingerprint density at radius 3 is 1.39 bits per heavy atom. The fourth-order valence-electron chi connectivity index (χ4n) is 1.85. The Balaban J connectivity index is 0. The zero-order valence-electron chi connectivity index (χ0n) is 16.0. The highest BCUT2D eigenvalue weighted by Crippen LogP contribution is 2.15. The minimum absolute atomic E-state index is 0.595. The van der Waals surface area contributed by atoms with Crippen molar-refractivity contribution in [2.45, 2.75) is 46.6 Å². The van der Waals surface area contributed by atoms with E-state index in [0.29, 0.717) is 19.8 Å². The Morgan fingerprint density at radius 2 is 1.17 bits per heavy atom. The van der Waals surface area contributed by atoms with E-state index in [1.54, 1.807) is 27.0 Å². The van der Waals surface area contributed by atoms with Crippen LogP contribution in [0.4, 0.5) is 0 Å². The van der Waals surface area contributed by atoms with Gasteiger partial charge in [-0.25, -0.2) is 0 Å². The van der Waals surface area contributed by atoms with Crippen LogP contribution in [-0.4, -0.2) is 58.8 Å². The predicted octanol–water partition coefficient (Wildman–Crippen LogP) is 3.42. The summed E-state index contributed by atoms with van der Waals surface area (Å²) >= 11 is 0. The molecule has 0 fully saturated rings. The van der Waals surface area contributed by atoms with Crippen LogP contribution in [0.5, 0.6) is 0 Å². The van der Waals surface area contributed by atoms with E-state index in [9.17, 15) is 0 Å². The van der Waals surface area contributed by atoms with Gasteiger partial charge in [-0.1, -0.05) is 19.9 Å². The van der Waals surface area contributed by atoms with Crippen molar-refractivity contribution in [2.75, 3.05) is 41.2 Å². The van der Waals surface area contributed by atoms with Gasteiger partial charge in [0, 0.05) is 47.2 Å². The van der Waals surface area contributed by atoms with Crippen molar-refractivity contribution in [3.05, 3.63) is 12.3 Å². The van der Waals surface area contributed by atoms with Crippen molar-refractivity contribution in [1.82, 2.24) is 0 Å². The normalized spacial score (nSPS) is 11.8. The molecule has 0 atom stereocenters. The zero-order valence-corrected chi connectivity index (χ0v) is 18.0. The van der Waals surface area contributed by atoms with E-state index in [4.69, 9.17) is 26.6 Å². The van der Waals surface area contributed by atoms with Gasteiger partial charge in [-0.05, 0) is 32.9 Å². The van der Waals surface area contributed by atoms with E-state index in [-0.39, 0.29) is 0 Å². The van der Waals surface area contributed by atoms with E-state index < -0.39 is 17.6 Å². The van der Waals surface area contributed by atoms with Crippen LogP contribution >= 0.6 is 0 Å². The molecule has 0 heterocycles. The maximum Gasteiger partial charge on any atom is 0.528 e. The highest BCUT2D eigenvalue weighted by atomic mass is 28.4. The average molecular weight is 369 g/mol. The Morgan fingerprint density at radius 1 is 0.783 bits per heavy atom. The number of unbranched alkanes of at least 4 members (excludes halogenated alkanes) is 1. The molecule has 0 rings (SSSR count). The molecule has 0 aromatic rings. The van der Waals surface area contributed by atoms with E-state index in [2.05, 4.69) is 13.5 Å². The molecule has 23 heavy (non-hydrogen) atoms. The Kier molecular flexibility index (Phi) is 16.9. The van der Waals surface area contributed by atoms with Crippen LogP contribution in [0.1, 0.15) is 40.5 Å². The fraction of sp³-hybridized carbons (Fsp3) is 0.867. The number of rotatable bonds is 13. The molecular weight excluding hydrogens is 332 g/mol. The van der Waals surface area contributed by atoms with Gasteiger partial charge in [0.05, 0.1) is 0 Å². The maximum absolute atomic E-state index is 5.44. The minimum atomic E-state index is -2.51. The third-order valence-corrected chi connectivity index (χ3v) is 8.46. The number of hydrogen-bond donors (Lipinski definition) is 0. The first kappa shape index (κ1) is 25.2. The second-order valence-corrected chi connectivity index (χ2v) is 10.1.